The van der Waals surface area contributed by atoms with Crippen molar-refractivity contribution >= 4 is 23.3 Å². The third kappa shape index (κ3) is 4.47. The number of nitrogens with zero attached hydrogens (tertiary/aromatic N) is 1. The monoisotopic (exact) mass is 360 g/mol. The van der Waals surface area contributed by atoms with Crippen molar-refractivity contribution in [2.24, 2.45) is 5.73 Å². The van der Waals surface area contributed by atoms with Gasteiger partial charge in [0.15, 0.2) is 11.5 Å². The zero-order valence-electron chi connectivity index (χ0n) is 14.6. The number of nitrogens with two attached hydrogens (primary N) is 1. The molecule has 1 aromatic heterocycles. The molecule has 0 fully saturated rings. The normalized spacial score (nSPS) is 11.8. The first-order valence-electron chi connectivity index (χ1n) is 8.27. The van der Waals surface area contributed by atoms with Crippen LogP contribution in [0.15, 0.2) is 54.7 Å². The van der Waals surface area contributed by atoms with Crippen LogP contribution in [0.2, 0.25) is 0 Å². The summed E-state index contributed by atoms with van der Waals surface area (Å²) in [6, 6.07) is 16.3. The van der Waals surface area contributed by atoms with Gasteiger partial charge in [-0.3, -0.25) is 0 Å². The number of para-hydroxylation sites is 3. The van der Waals surface area contributed by atoms with E-state index in [1.54, 1.807) is 7.11 Å². The van der Waals surface area contributed by atoms with Crippen LogP contribution in [0.3, 0.4) is 0 Å². The summed E-state index contributed by atoms with van der Waals surface area (Å²) in [6.45, 7) is 3.39. The molecule has 3 aromatic rings. The molecule has 0 saturated carbocycles. The van der Waals surface area contributed by atoms with Gasteiger partial charge in [0, 0.05) is 23.1 Å². The molecule has 4 nitrogen and oxygen atoms in total. The lowest BCUT2D eigenvalue weighted by Crippen LogP contribution is -2.17. The molecule has 0 spiro atoms. The van der Waals surface area contributed by atoms with E-state index >= 15 is 0 Å². The van der Waals surface area contributed by atoms with Gasteiger partial charge in [-0.2, -0.15) is 0 Å². The molecule has 0 saturated heterocycles. The number of halogens is 1. The molecule has 134 valence electrons. The van der Waals surface area contributed by atoms with Crippen molar-refractivity contribution in [3.63, 3.8) is 0 Å². The van der Waals surface area contributed by atoms with Crippen molar-refractivity contribution < 1.29 is 9.47 Å². The van der Waals surface area contributed by atoms with Crippen LogP contribution >= 0.6 is 12.4 Å². The van der Waals surface area contributed by atoms with Gasteiger partial charge in [0.2, 0.25) is 0 Å². The Bertz CT molecular complexity index is 814. The Kier molecular flexibility index (Phi) is 6.73. The van der Waals surface area contributed by atoms with Gasteiger partial charge in [-0.1, -0.05) is 30.3 Å². The molecule has 0 aliphatic rings. The van der Waals surface area contributed by atoms with Crippen molar-refractivity contribution in [2.45, 2.75) is 25.9 Å². The predicted octanol–water partition coefficient (Wildman–Crippen LogP) is 4.04. The molecule has 1 heterocycles. The highest BCUT2D eigenvalue weighted by Gasteiger charge is 2.10. The van der Waals surface area contributed by atoms with Crippen molar-refractivity contribution in [1.82, 2.24) is 4.57 Å². The van der Waals surface area contributed by atoms with E-state index in [0.717, 1.165) is 24.5 Å². The Labute approximate surface area is 154 Å². The fraction of sp³-hybridized carbons (Fsp3) is 0.300. The first-order chi connectivity index (χ1) is 11.7. The maximum absolute atomic E-state index is 5.98. The lowest BCUT2D eigenvalue weighted by Gasteiger charge is -2.11. The highest BCUT2D eigenvalue weighted by Crippen LogP contribution is 2.26. The zero-order chi connectivity index (χ0) is 16.9. The van der Waals surface area contributed by atoms with E-state index in [0.29, 0.717) is 6.61 Å². The molecule has 2 N–H and O–H groups in total. The lowest BCUT2D eigenvalue weighted by molar-refractivity contribution is 0.281. The molecular weight excluding hydrogens is 336 g/mol. The van der Waals surface area contributed by atoms with Gasteiger partial charge >= 0.3 is 0 Å². The van der Waals surface area contributed by atoms with Crippen LogP contribution in [0, 0.1) is 0 Å². The van der Waals surface area contributed by atoms with E-state index in [4.69, 9.17) is 15.2 Å². The van der Waals surface area contributed by atoms with Gasteiger partial charge in [0.1, 0.15) is 6.61 Å². The number of hydrogen-bond acceptors (Lipinski definition) is 3. The van der Waals surface area contributed by atoms with Gasteiger partial charge in [0.05, 0.1) is 13.7 Å². The van der Waals surface area contributed by atoms with Gasteiger partial charge in [-0.15, -0.1) is 12.4 Å². The summed E-state index contributed by atoms with van der Waals surface area (Å²) in [4.78, 5) is 0. The Morgan fingerprint density at radius 3 is 2.44 bits per heavy atom. The topological polar surface area (TPSA) is 49.4 Å². The number of ether oxygens (including phenoxy) is 2. The van der Waals surface area contributed by atoms with E-state index < -0.39 is 0 Å². The molecule has 3 rings (SSSR count). The first kappa shape index (κ1) is 19.2. The zero-order valence-corrected chi connectivity index (χ0v) is 15.5. The second-order valence-electron chi connectivity index (χ2n) is 6.05. The Morgan fingerprint density at radius 1 is 1.04 bits per heavy atom. The van der Waals surface area contributed by atoms with E-state index in [9.17, 15) is 0 Å². The summed E-state index contributed by atoms with van der Waals surface area (Å²) in [5.74, 6) is 1.53. The standard InChI is InChI=1S/C20H24N2O2.ClH/c1-15(21)13-16-14-22(18-8-4-3-7-17(16)18)11-12-24-20-10-6-5-9-19(20)23-2;/h3-10,14-15H,11-13,21H2,1-2H3;1H. The molecule has 0 amide bonds. The molecule has 0 aliphatic carbocycles. The van der Waals surface area contributed by atoms with Crippen LogP contribution in [-0.4, -0.2) is 24.3 Å². The summed E-state index contributed by atoms with van der Waals surface area (Å²) in [5.41, 5.74) is 8.49. The maximum Gasteiger partial charge on any atom is 0.161 e. The Balaban J connectivity index is 0.00000225. The largest absolute Gasteiger partial charge is 0.493 e. The SMILES string of the molecule is COc1ccccc1OCCn1cc(CC(C)N)c2ccccc21.Cl. The molecule has 0 aliphatic heterocycles. The molecule has 0 radical (unpaired) electrons. The van der Waals surface area contributed by atoms with Crippen molar-refractivity contribution in [3.05, 3.63) is 60.3 Å². The van der Waals surface area contributed by atoms with E-state index in [2.05, 4.69) is 35.0 Å². The second-order valence-corrected chi connectivity index (χ2v) is 6.05. The van der Waals surface area contributed by atoms with Crippen LogP contribution in [0.1, 0.15) is 12.5 Å². The molecule has 1 atom stereocenters. The molecule has 1 unspecified atom stereocenters. The molecule has 0 bridgehead atoms. The fourth-order valence-corrected chi connectivity index (χ4v) is 3.01. The fourth-order valence-electron chi connectivity index (χ4n) is 3.01. The van der Waals surface area contributed by atoms with Crippen LogP contribution < -0.4 is 15.2 Å². The smallest absolute Gasteiger partial charge is 0.161 e. The van der Waals surface area contributed by atoms with Crippen LogP contribution in [0.4, 0.5) is 0 Å². The molecule has 5 heteroatoms. The molecule has 25 heavy (non-hydrogen) atoms. The summed E-state index contributed by atoms with van der Waals surface area (Å²) in [6.07, 6.45) is 3.07. The maximum atomic E-state index is 5.98. The Morgan fingerprint density at radius 2 is 1.72 bits per heavy atom. The number of methoxy groups -OCH3 is 1. The highest BCUT2D eigenvalue weighted by molar-refractivity contribution is 5.85. The van der Waals surface area contributed by atoms with Crippen molar-refractivity contribution in [3.8, 4) is 11.5 Å². The minimum absolute atomic E-state index is 0. The summed E-state index contributed by atoms with van der Waals surface area (Å²) < 4.78 is 13.5. The molecule has 2 aromatic carbocycles. The highest BCUT2D eigenvalue weighted by atomic mass is 35.5. The van der Waals surface area contributed by atoms with E-state index in [-0.39, 0.29) is 18.4 Å². The van der Waals surface area contributed by atoms with Gasteiger partial charge in [-0.25, -0.2) is 0 Å². The van der Waals surface area contributed by atoms with Gasteiger partial charge < -0.3 is 19.8 Å². The number of fused-ring (bicyclic) bond motifs is 1. The predicted molar refractivity (Wildman–Crippen MR) is 105 cm³/mol. The van der Waals surface area contributed by atoms with Crippen LogP contribution in [0.25, 0.3) is 10.9 Å². The van der Waals surface area contributed by atoms with E-state index in [1.807, 2.05) is 31.2 Å². The van der Waals surface area contributed by atoms with Crippen LogP contribution in [-0.2, 0) is 13.0 Å². The van der Waals surface area contributed by atoms with E-state index in [1.165, 1.54) is 16.5 Å². The van der Waals surface area contributed by atoms with Crippen molar-refractivity contribution in [2.75, 3.05) is 13.7 Å². The number of rotatable bonds is 7. The lowest BCUT2D eigenvalue weighted by atomic mass is 10.1. The number of hydrogen-bond donors (Lipinski definition) is 1. The minimum atomic E-state index is 0. The van der Waals surface area contributed by atoms with Gasteiger partial charge in [-0.05, 0) is 37.1 Å². The first-order valence-corrected chi connectivity index (χ1v) is 8.27. The van der Waals surface area contributed by atoms with Gasteiger partial charge in [0.25, 0.3) is 0 Å². The molecular formula is C20H25ClN2O2. The summed E-state index contributed by atoms with van der Waals surface area (Å²) in [5, 5.41) is 1.27. The third-order valence-corrected chi connectivity index (χ3v) is 4.07. The van der Waals surface area contributed by atoms with Crippen LogP contribution in [0.5, 0.6) is 11.5 Å². The summed E-state index contributed by atoms with van der Waals surface area (Å²) in [7, 11) is 1.65. The Hall–Kier alpha value is -2.17. The number of benzene rings is 2. The average molecular weight is 361 g/mol. The minimum Gasteiger partial charge on any atom is -0.493 e. The quantitative estimate of drug-likeness (QED) is 0.691. The average Bonchev–Trinajstić information content (AvgIpc) is 2.93. The third-order valence-electron chi connectivity index (χ3n) is 4.07. The number of aromatic nitrogens is 1. The van der Waals surface area contributed by atoms with Crippen molar-refractivity contribution in [1.29, 1.82) is 0 Å². The summed E-state index contributed by atoms with van der Waals surface area (Å²) >= 11 is 0. The second kappa shape index (κ2) is 8.79.